The zero-order valence-corrected chi connectivity index (χ0v) is 10.5. The van der Waals surface area contributed by atoms with Crippen molar-refractivity contribution in [2.24, 2.45) is 5.92 Å². The summed E-state index contributed by atoms with van der Waals surface area (Å²) in [5.74, 6) is 0.582. The molecule has 0 amide bonds. The van der Waals surface area contributed by atoms with Crippen LogP contribution >= 0.6 is 0 Å². The standard InChI is InChI=1S/C12H21F3N2O/c13-12(14,15)9-17-4-1-11(2-5-17)16-7-10-3-6-18-8-10/h10-11,16H,1-9H2. The Hall–Kier alpha value is -0.330. The molecule has 6 heteroatoms. The minimum Gasteiger partial charge on any atom is -0.381 e. The number of ether oxygens (including phenoxy) is 1. The zero-order valence-electron chi connectivity index (χ0n) is 10.5. The topological polar surface area (TPSA) is 24.5 Å². The maximum absolute atomic E-state index is 12.2. The smallest absolute Gasteiger partial charge is 0.381 e. The van der Waals surface area contributed by atoms with Crippen molar-refractivity contribution < 1.29 is 17.9 Å². The number of likely N-dealkylation sites (tertiary alicyclic amines) is 1. The molecule has 1 atom stereocenters. The van der Waals surface area contributed by atoms with E-state index in [4.69, 9.17) is 4.74 Å². The Labute approximate surface area is 106 Å². The van der Waals surface area contributed by atoms with Crippen LogP contribution in [0.15, 0.2) is 0 Å². The first-order valence-electron chi connectivity index (χ1n) is 6.63. The third kappa shape index (κ3) is 4.74. The third-order valence-corrected chi connectivity index (χ3v) is 3.71. The lowest BCUT2D eigenvalue weighted by atomic mass is 10.0. The van der Waals surface area contributed by atoms with Gasteiger partial charge in [0.1, 0.15) is 0 Å². The molecular formula is C12H21F3N2O. The summed E-state index contributed by atoms with van der Waals surface area (Å²) in [6.07, 6.45) is -1.35. The van der Waals surface area contributed by atoms with Crippen molar-refractivity contribution in [1.82, 2.24) is 10.2 Å². The van der Waals surface area contributed by atoms with E-state index in [-0.39, 0.29) is 0 Å². The first-order chi connectivity index (χ1) is 8.53. The van der Waals surface area contributed by atoms with Gasteiger partial charge in [-0.05, 0) is 38.3 Å². The molecule has 2 heterocycles. The Kier molecular flexibility index (Phi) is 4.86. The fourth-order valence-corrected chi connectivity index (χ4v) is 2.63. The van der Waals surface area contributed by atoms with E-state index < -0.39 is 12.7 Å². The molecule has 3 nitrogen and oxygen atoms in total. The Bertz CT molecular complexity index is 246. The highest BCUT2D eigenvalue weighted by Gasteiger charge is 2.32. The lowest BCUT2D eigenvalue weighted by molar-refractivity contribution is -0.148. The van der Waals surface area contributed by atoms with Gasteiger partial charge in [-0.3, -0.25) is 4.90 Å². The second-order valence-electron chi connectivity index (χ2n) is 5.30. The van der Waals surface area contributed by atoms with Gasteiger partial charge in [-0.15, -0.1) is 0 Å². The van der Waals surface area contributed by atoms with Crippen molar-refractivity contribution in [3.63, 3.8) is 0 Å². The average molecular weight is 266 g/mol. The van der Waals surface area contributed by atoms with E-state index in [0.29, 0.717) is 25.0 Å². The lowest BCUT2D eigenvalue weighted by Crippen LogP contribution is -2.46. The van der Waals surface area contributed by atoms with Crippen LogP contribution in [0.2, 0.25) is 0 Å². The second kappa shape index (κ2) is 6.21. The molecule has 2 aliphatic heterocycles. The van der Waals surface area contributed by atoms with Crippen LogP contribution in [0.4, 0.5) is 13.2 Å². The first kappa shape index (κ1) is 14.1. The van der Waals surface area contributed by atoms with Gasteiger partial charge in [0.05, 0.1) is 13.2 Å². The number of hydrogen-bond acceptors (Lipinski definition) is 3. The van der Waals surface area contributed by atoms with Gasteiger partial charge in [-0.25, -0.2) is 0 Å². The molecule has 0 aliphatic carbocycles. The quantitative estimate of drug-likeness (QED) is 0.837. The van der Waals surface area contributed by atoms with Gasteiger partial charge < -0.3 is 10.1 Å². The molecule has 0 aromatic carbocycles. The molecule has 2 rings (SSSR count). The zero-order chi connectivity index (χ0) is 13.0. The first-order valence-corrected chi connectivity index (χ1v) is 6.63. The normalized spacial score (nSPS) is 27.8. The van der Waals surface area contributed by atoms with Crippen molar-refractivity contribution in [1.29, 1.82) is 0 Å². The van der Waals surface area contributed by atoms with E-state index in [1.807, 2.05) is 0 Å². The van der Waals surface area contributed by atoms with Crippen molar-refractivity contribution in [2.75, 3.05) is 39.4 Å². The van der Waals surface area contributed by atoms with Gasteiger partial charge in [0.25, 0.3) is 0 Å². The number of alkyl halides is 3. The molecule has 0 bridgehead atoms. The molecule has 1 N–H and O–H groups in total. The Morgan fingerprint density at radius 1 is 1.17 bits per heavy atom. The summed E-state index contributed by atoms with van der Waals surface area (Å²) in [7, 11) is 0. The van der Waals surface area contributed by atoms with Crippen LogP contribution in [0.25, 0.3) is 0 Å². The highest BCUT2D eigenvalue weighted by atomic mass is 19.4. The summed E-state index contributed by atoms with van der Waals surface area (Å²) in [6.45, 7) is 2.91. The van der Waals surface area contributed by atoms with Crippen molar-refractivity contribution in [2.45, 2.75) is 31.5 Å². The van der Waals surface area contributed by atoms with E-state index in [1.54, 1.807) is 0 Å². The van der Waals surface area contributed by atoms with Gasteiger partial charge in [0, 0.05) is 19.2 Å². The number of nitrogens with zero attached hydrogens (tertiary/aromatic N) is 1. The molecule has 18 heavy (non-hydrogen) atoms. The van der Waals surface area contributed by atoms with E-state index in [0.717, 1.165) is 39.0 Å². The van der Waals surface area contributed by atoms with Gasteiger partial charge >= 0.3 is 6.18 Å². The Morgan fingerprint density at radius 3 is 2.44 bits per heavy atom. The molecule has 0 radical (unpaired) electrons. The molecule has 2 aliphatic rings. The number of halogens is 3. The predicted molar refractivity (Wildman–Crippen MR) is 62.4 cm³/mol. The Morgan fingerprint density at radius 2 is 1.89 bits per heavy atom. The summed E-state index contributed by atoms with van der Waals surface area (Å²) in [4.78, 5) is 1.50. The minimum atomic E-state index is -4.07. The van der Waals surface area contributed by atoms with Crippen LogP contribution in [-0.2, 0) is 4.74 Å². The van der Waals surface area contributed by atoms with E-state index in [2.05, 4.69) is 5.32 Å². The summed E-state index contributed by atoms with van der Waals surface area (Å²) in [5, 5.41) is 3.46. The molecule has 0 aromatic heterocycles. The van der Waals surface area contributed by atoms with E-state index in [1.165, 1.54) is 4.90 Å². The van der Waals surface area contributed by atoms with Crippen LogP contribution < -0.4 is 5.32 Å². The van der Waals surface area contributed by atoms with E-state index in [9.17, 15) is 13.2 Å². The minimum absolute atomic E-state index is 0.370. The van der Waals surface area contributed by atoms with Crippen LogP contribution in [0.5, 0.6) is 0 Å². The maximum Gasteiger partial charge on any atom is 0.401 e. The fraction of sp³-hybridized carbons (Fsp3) is 1.00. The fourth-order valence-electron chi connectivity index (χ4n) is 2.63. The van der Waals surface area contributed by atoms with Gasteiger partial charge in [0.2, 0.25) is 0 Å². The van der Waals surface area contributed by atoms with Gasteiger partial charge in [-0.2, -0.15) is 13.2 Å². The molecule has 106 valence electrons. The number of piperidine rings is 1. The Balaban J connectivity index is 1.61. The predicted octanol–water partition coefficient (Wildman–Crippen LogP) is 1.64. The highest BCUT2D eigenvalue weighted by Crippen LogP contribution is 2.20. The summed E-state index contributed by atoms with van der Waals surface area (Å²) < 4.78 is 42.0. The molecule has 1 unspecified atom stereocenters. The molecule has 2 saturated heterocycles. The van der Waals surface area contributed by atoms with Crippen LogP contribution in [0.3, 0.4) is 0 Å². The number of hydrogen-bond donors (Lipinski definition) is 1. The monoisotopic (exact) mass is 266 g/mol. The molecule has 0 aromatic rings. The number of nitrogens with one attached hydrogen (secondary N) is 1. The lowest BCUT2D eigenvalue weighted by Gasteiger charge is -2.33. The maximum atomic E-state index is 12.2. The summed E-state index contributed by atoms with van der Waals surface area (Å²) >= 11 is 0. The third-order valence-electron chi connectivity index (χ3n) is 3.71. The van der Waals surface area contributed by atoms with Crippen LogP contribution in [-0.4, -0.2) is 56.5 Å². The molecule has 0 saturated carbocycles. The highest BCUT2D eigenvalue weighted by molar-refractivity contribution is 4.80. The van der Waals surface area contributed by atoms with Gasteiger partial charge in [-0.1, -0.05) is 0 Å². The molecular weight excluding hydrogens is 245 g/mol. The summed E-state index contributed by atoms with van der Waals surface area (Å²) in [5.41, 5.74) is 0. The molecule has 2 fully saturated rings. The molecule has 0 spiro atoms. The van der Waals surface area contributed by atoms with E-state index >= 15 is 0 Å². The SMILES string of the molecule is FC(F)(F)CN1CCC(NCC2CCOC2)CC1. The largest absolute Gasteiger partial charge is 0.401 e. The van der Waals surface area contributed by atoms with Gasteiger partial charge in [0.15, 0.2) is 0 Å². The van der Waals surface area contributed by atoms with Crippen molar-refractivity contribution in [3.05, 3.63) is 0 Å². The number of rotatable bonds is 4. The van der Waals surface area contributed by atoms with Crippen molar-refractivity contribution >= 4 is 0 Å². The van der Waals surface area contributed by atoms with Crippen molar-refractivity contribution in [3.8, 4) is 0 Å². The average Bonchev–Trinajstić information content (AvgIpc) is 2.79. The van der Waals surface area contributed by atoms with Crippen LogP contribution in [0.1, 0.15) is 19.3 Å². The second-order valence-corrected chi connectivity index (χ2v) is 5.30. The van der Waals surface area contributed by atoms with Crippen LogP contribution in [0, 0.1) is 5.92 Å². The summed E-state index contributed by atoms with van der Waals surface area (Å²) in [6, 6.07) is 0.370.